The third kappa shape index (κ3) is 5.27. The lowest BCUT2D eigenvalue weighted by atomic mass is 10.2. The first-order valence-corrected chi connectivity index (χ1v) is 9.84. The second kappa shape index (κ2) is 8.96. The van der Waals surface area contributed by atoms with Crippen molar-refractivity contribution >= 4 is 15.9 Å². The second-order valence-corrected chi connectivity index (χ2v) is 7.92. The van der Waals surface area contributed by atoms with E-state index < -0.39 is 15.8 Å². The van der Waals surface area contributed by atoms with Gasteiger partial charge in [-0.3, -0.25) is 4.79 Å². The number of benzene rings is 2. The molecule has 27 heavy (non-hydrogen) atoms. The number of nitrogens with zero attached hydrogens (tertiary/aromatic N) is 2. The third-order valence-electron chi connectivity index (χ3n) is 4.12. The number of halogens is 1. The van der Waals surface area contributed by atoms with E-state index in [-0.39, 0.29) is 23.9 Å². The van der Waals surface area contributed by atoms with Crippen LogP contribution in [0.1, 0.15) is 12.5 Å². The quantitative estimate of drug-likeness (QED) is 0.690. The van der Waals surface area contributed by atoms with Crippen LogP contribution in [0.15, 0.2) is 53.4 Å². The molecule has 0 radical (unpaired) electrons. The van der Waals surface area contributed by atoms with E-state index in [0.717, 1.165) is 27.8 Å². The minimum atomic E-state index is -3.88. The van der Waals surface area contributed by atoms with Gasteiger partial charge >= 0.3 is 0 Å². The predicted octanol–water partition coefficient (Wildman–Crippen LogP) is 2.50. The van der Waals surface area contributed by atoms with E-state index in [2.05, 4.69) is 0 Å². The van der Waals surface area contributed by atoms with Gasteiger partial charge in [0.1, 0.15) is 11.6 Å². The molecule has 0 heterocycles. The molecule has 0 spiro atoms. The number of rotatable bonds is 8. The second-order valence-electron chi connectivity index (χ2n) is 5.98. The molecule has 0 bridgehead atoms. The summed E-state index contributed by atoms with van der Waals surface area (Å²) in [5.74, 6) is -0.138. The molecule has 146 valence electrons. The van der Waals surface area contributed by atoms with Crippen LogP contribution < -0.4 is 4.74 Å². The summed E-state index contributed by atoms with van der Waals surface area (Å²) < 4.78 is 44.6. The Labute approximate surface area is 159 Å². The van der Waals surface area contributed by atoms with Crippen LogP contribution in [0.3, 0.4) is 0 Å². The summed E-state index contributed by atoms with van der Waals surface area (Å²) in [6, 6.07) is 11.8. The Kier molecular flexibility index (Phi) is 6.92. The molecule has 2 aromatic carbocycles. The van der Waals surface area contributed by atoms with Gasteiger partial charge in [-0.2, -0.15) is 4.31 Å². The van der Waals surface area contributed by atoms with Crippen molar-refractivity contribution in [3.8, 4) is 5.75 Å². The van der Waals surface area contributed by atoms with Gasteiger partial charge in [0, 0.05) is 20.1 Å². The first kappa shape index (κ1) is 20.9. The summed E-state index contributed by atoms with van der Waals surface area (Å²) in [7, 11) is -0.685. The van der Waals surface area contributed by atoms with Crippen LogP contribution in [0.5, 0.6) is 5.75 Å². The maximum absolute atomic E-state index is 13.1. The first-order chi connectivity index (χ1) is 12.8. The Morgan fingerprint density at radius 3 is 2.19 bits per heavy atom. The molecule has 0 aromatic heterocycles. The minimum Gasteiger partial charge on any atom is -0.497 e. The molecular weight excluding hydrogens is 371 g/mol. The van der Waals surface area contributed by atoms with Gasteiger partial charge in [-0.1, -0.05) is 19.1 Å². The molecule has 0 saturated heterocycles. The topological polar surface area (TPSA) is 66.9 Å². The number of likely N-dealkylation sites (N-methyl/N-ethyl adjacent to an activating group) is 2. The Morgan fingerprint density at radius 1 is 1.07 bits per heavy atom. The van der Waals surface area contributed by atoms with Crippen molar-refractivity contribution in [3.63, 3.8) is 0 Å². The highest BCUT2D eigenvalue weighted by Gasteiger charge is 2.26. The van der Waals surface area contributed by atoms with E-state index in [0.29, 0.717) is 6.54 Å². The van der Waals surface area contributed by atoms with E-state index in [1.807, 2.05) is 12.1 Å². The van der Waals surface area contributed by atoms with E-state index >= 15 is 0 Å². The van der Waals surface area contributed by atoms with Crippen molar-refractivity contribution < 1.29 is 22.3 Å². The van der Waals surface area contributed by atoms with Crippen molar-refractivity contribution in [2.75, 3.05) is 27.2 Å². The zero-order chi connectivity index (χ0) is 20.0. The van der Waals surface area contributed by atoms with Crippen LogP contribution in [0, 0.1) is 5.82 Å². The highest BCUT2D eigenvalue weighted by molar-refractivity contribution is 7.89. The third-order valence-corrected chi connectivity index (χ3v) is 6.06. The van der Waals surface area contributed by atoms with Gasteiger partial charge in [-0.05, 0) is 42.0 Å². The Balaban J connectivity index is 2.07. The molecule has 0 saturated carbocycles. The van der Waals surface area contributed by atoms with Crippen LogP contribution in [0.25, 0.3) is 0 Å². The van der Waals surface area contributed by atoms with Gasteiger partial charge in [0.05, 0.1) is 18.6 Å². The molecule has 0 aliphatic heterocycles. The molecule has 0 atom stereocenters. The lowest BCUT2D eigenvalue weighted by molar-refractivity contribution is -0.130. The number of amides is 1. The molecule has 0 fully saturated rings. The zero-order valence-corrected chi connectivity index (χ0v) is 16.4. The predicted molar refractivity (Wildman–Crippen MR) is 100 cm³/mol. The largest absolute Gasteiger partial charge is 0.497 e. The maximum Gasteiger partial charge on any atom is 0.243 e. The molecule has 1 amide bonds. The number of ether oxygens (including phenoxy) is 1. The zero-order valence-electron chi connectivity index (χ0n) is 15.6. The van der Waals surface area contributed by atoms with E-state index in [1.54, 1.807) is 33.2 Å². The van der Waals surface area contributed by atoms with Crippen molar-refractivity contribution in [1.29, 1.82) is 0 Å². The molecule has 2 aromatic rings. The summed E-state index contributed by atoms with van der Waals surface area (Å²) in [6.07, 6.45) is 0. The van der Waals surface area contributed by atoms with E-state index in [4.69, 9.17) is 4.74 Å². The van der Waals surface area contributed by atoms with Crippen molar-refractivity contribution in [1.82, 2.24) is 9.21 Å². The number of carbonyl (C=O) groups excluding carboxylic acids is 1. The number of hydrogen-bond donors (Lipinski definition) is 0. The highest BCUT2D eigenvalue weighted by Crippen LogP contribution is 2.17. The highest BCUT2D eigenvalue weighted by atomic mass is 32.2. The van der Waals surface area contributed by atoms with Gasteiger partial charge in [-0.15, -0.1) is 0 Å². The Hall–Kier alpha value is -2.45. The fraction of sp³-hybridized carbons (Fsp3) is 0.316. The number of carbonyl (C=O) groups is 1. The Morgan fingerprint density at radius 2 is 1.67 bits per heavy atom. The van der Waals surface area contributed by atoms with Crippen LogP contribution in [-0.2, 0) is 21.4 Å². The van der Waals surface area contributed by atoms with Gasteiger partial charge in [0.2, 0.25) is 15.9 Å². The van der Waals surface area contributed by atoms with Gasteiger partial charge < -0.3 is 9.64 Å². The summed E-state index contributed by atoms with van der Waals surface area (Å²) >= 11 is 0. The number of hydrogen-bond acceptors (Lipinski definition) is 4. The molecule has 0 N–H and O–H groups in total. The van der Waals surface area contributed by atoms with Crippen molar-refractivity contribution in [2.24, 2.45) is 0 Å². The van der Waals surface area contributed by atoms with Gasteiger partial charge in [0.15, 0.2) is 0 Å². The molecule has 2 rings (SSSR count). The lowest BCUT2D eigenvalue weighted by Crippen LogP contribution is -2.41. The fourth-order valence-electron chi connectivity index (χ4n) is 2.49. The SMILES string of the molecule is CCN(CC(=O)N(C)Cc1ccc(OC)cc1)S(=O)(=O)c1ccc(F)cc1. The van der Waals surface area contributed by atoms with Crippen LogP contribution in [-0.4, -0.2) is 50.8 Å². The molecule has 8 heteroatoms. The van der Waals surface area contributed by atoms with Crippen molar-refractivity contribution in [2.45, 2.75) is 18.4 Å². The smallest absolute Gasteiger partial charge is 0.243 e. The van der Waals surface area contributed by atoms with E-state index in [9.17, 15) is 17.6 Å². The molecular formula is C19H23FN2O4S. The van der Waals surface area contributed by atoms with Gasteiger partial charge in [-0.25, -0.2) is 12.8 Å². The summed E-state index contributed by atoms with van der Waals surface area (Å²) in [5, 5.41) is 0. The van der Waals surface area contributed by atoms with Crippen LogP contribution >= 0.6 is 0 Å². The summed E-state index contributed by atoms with van der Waals surface area (Å²) in [6.45, 7) is 1.83. The molecule has 6 nitrogen and oxygen atoms in total. The van der Waals surface area contributed by atoms with E-state index in [1.165, 1.54) is 17.0 Å². The van der Waals surface area contributed by atoms with Crippen LogP contribution in [0.2, 0.25) is 0 Å². The molecule has 0 aliphatic carbocycles. The summed E-state index contributed by atoms with van der Waals surface area (Å²) in [5.41, 5.74) is 0.899. The lowest BCUT2D eigenvalue weighted by Gasteiger charge is -2.24. The molecule has 0 aliphatic rings. The first-order valence-electron chi connectivity index (χ1n) is 8.40. The Bertz CT molecular complexity index is 868. The molecule has 0 unspecified atom stereocenters. The monoisotopic (exact) mass is 394 g/mol. The fourth-order valence-corrected chi connectivity index (χ4v) is 3.89. The van der Waals surface area contributed by atoms with Gasteiger partial charge in [0.25, 0.3) is 0 Å². The average molecular weight is 394 g/mol. The standard InChI is InChI=1S/C19H23FN2O4S/c1-4-22(27(24,25)18-11-7-16(20)8-12-18)14-19(23)21(2)13-15-5-9-17(26-3)10-6-15/h5-12H,4,13-14H2,1-3H3. The van der Waals surface area contributed by atoms with Crippen LogP contribution in [0.4, 0.5) is 4.39 Å². The maximum atomic E-state index is 13.1. The number of methoxy groups -OCH3 is 1. The normalized spacial score (nSPS) is 11.4. The summed E-state index contributed by atoms with van der Waals surface area (Å²) in [4.78, 5) is 13.9. The average Bonchev–Trinajstić information content (AvgIpc) is 2.66. The minimum absolute atomic E-state index is 0.0450. The number of sulfonamides is 1. The van der Waals surface area contributed by atoms with Crippen molar-refractivity contribution in [3.05, 3.63) is 59.9 Å².